The SMILES string of the molecule is CC(C)(C)/C(O)=C/C(=O)C(O)N1CCOCC1. The topological polar surface area (TPSA) is 70.0 Å². The first-order valence-electron chi connectivity index (χ1n) is 5.77. The molecule has 0 bridgehead atoms. The first-order chi connectivity index (χ1) is 7.82. The second kappa shape index (κ2) is 5.62. The molecule has 0 saturated carbocycles. The maximum absolute atomic E-state index is 11.7. The second-order valence-corrected chi connectivity index (χ2v) is 5.20. The number of rotatable bonds is 3. The van der Waals surface area contributed by atoms with Gasteiger partial charge in [0.25, 0.3) is 0 Å². The number of morpholine rings is 1. The standard InChI is InChI=1S/C12H21NO4/c1-12(2,3)10(15)8-9(14)11(16)13-4-6-17-7-5-13/h8,11,15-16H,4-7H2,1-3H3/b10-8-. The smallest absolute Gasteiger partial charge is 0.202 e. The van der Waals surface area contributed by atoms with Gasteiger partial charge < -0.3 is 14.9 Å². The predicted octanol–water partition coefficient (Wildman–Crippen LogP) is 0.694. The van der Waals surface area contributed by atoms with Crippen molar-refractivity contribution in [2.24, 2.45) is 5.41 Å². The van der Waals surface area contributed by atoms with Crippen molar-refractivity contribution in [2.45, 2.75) is 27.0 Å². The number of carbonyl (C=O) groups excluding carboxylic acids is 1. The largest absolute Gasteiger partial charge is 0.512 e. The van der Waals surface area contributed by atoms with Gasteiger partial charge in [0.05, 0.1) is 13.2 Å². The minimum Gasteiger partial charge on any atom is -0.512 e. The second-order valence-electron chi connectivity index (χ2n) is 5.20. The molecular weight excluding hydrogens is 222 g/mol. The van der Waals surface area contributed by atoms with Crippen LogP contribution in [0.5, 0.6) is 0 Å². The predicted molar refractivity (Wildman–Crippen MR) is 63.6 cm³/mol. The Hall–Kier alpha value is -0.910. The monoisotopic (exact) mass is 243 g/mol. The molecule has 1 heterocycles. The van der Waals surface area contributed by atoms with Crippen molar-refractivity contribution in [1.29, 1.82) is 0 Å². The number of aliphatic hydroxyl groups excluding tert-OH is 2. The molecule has 1 aliphatic rings. The fourth-order valence-electron chi connectivity index (χ4n) is 1.43. The van der Waals surface area contributed by atoms with Crippen molar-refractivity contribution < 1.29 is 19.7 Å². The highest BCUT2D eigenvalue weighted by Crippen LogP contribution is 2.22. The summed E-state index contributed by atoms with van der Waals surface area (Å²) in [6, 6.07) is 0. The molecule has 0 radical (unpaired) electrons. The molecule has 5 nitrogen and oxygen atoms in total. The molecule has 98 valence electrons. The maximum atomic E-state index is 11.7. The van der Waals surface area contributed by atoms with E-state index in [1.807, 2.05) is 0 Å². The summed E-state index contributed by atoms with van der Waals surface area (Å²) < 4.78 is 5.14. The molecule has 17 heavy (non-hydrogen) atoms. The average molecular weight is 243 g/mol. The number of ether oxygens (including phenoxy) is 1. The Morgan fingerprint density at radius 1 is 1.35 bits per heavy atom. The molecule has 1 atom stereocenters. The number of aliphatic hydroxyl groups is 2. The zero-order valence-corrected chi connectivity index (χ0v) is 10.6. The van der Waals surface area contributed by atoms with E-state index >= 15 is 0 Å². The van der Waals surface area contributed by atoms with Crippen LogP contribution in [-0.4, -0.2) is 53.4 Å². The normalized spacial score (nSPS) is 21.3. The molecule has 1 unspecified atom stereocenters. The minimum atomic E-state index is -1.19. The number of hydrogen-bond acceptors (Lipinski definition) is 5. The molecule has 0 aromatic carbocycles. The van der Waals surface area contributed by atoms with Crippen molar-refractivity contribution in [2.75, 3.05) is 26.3 Å². The third kappa shape index (κ3) is 4.11. The van der Waals surface area contributed by atoms with E-state index in [1.165, 1.54) is 0 Å². The summed E-state index contributed by atoms with van der Waals surface area (Å²) in [5.74, 6) is -0.505. The van der Waals surface area contributed by atoms with Crippen LogP contribution in [0, 0.1) is 5.41 Å². The Balaban J connectivity index is 2.63. The zero-order chi connectivity index (χ0) is 13.1. The van der Waals surface area contributed by atoms with Gasteiger partial charge in [0.2, 0.25) is 5.78 Å². The van der Waals surface area contributed by atoms with E-state index in [0.29, 0.717) is 26.3 Å². The Kier molecular flexibility index (Phi) is 4.68. The molecule has 2 N–H and O–H groups in total. The van der Waals surface area contributed by atoms with Gasteiger partial charge in [-0.05, 0) is 0 Å². The van der Waals surface area contributed by atoms with Gasteiger partial charge in [-0.25, -0.2) is 0 Å². The van der Waals surface area contributed by atoms with Crippen molar-refractivity contribution >= 4 is 5.78 Å². The van der Waals surface area contributed by atoms with E-state index in [1.54, 1.807) is 25.7 Å². The van der Waals surface area contributed by atoms with Gasteiger partial charge in [-0.2, -0.15) is 0 Å². The van der Waals surface area contributed by atoms with Gasteiger partial charge >= 0.3 is 0 Å². The van der Waals surface area contributed by atoms with Crippen LogP contribution in [0.25, 0.3) is 0 Å². The van der Waals surface area contributed by atoms with Crippen LogP contribution in [0.2, 0.25) is 0 Å². The highest BCUT2D eigenvalue weighted by molar-refractivity contribution is 5.93. The van der Waals surface area contributed by atoms with Crippen LogP contribution in [0.3, 0.4) is 0 Å². The number of nitrogens with zero attached hydrogens (tertiary/aromatic N) is 1. The van der Waals surface area contributed by atoms with E-state index in [4.69, 9.17) is 4.74 Å². The highest BCUT2D eigenvalue weighted by Gasteiger charge is 2.25. The molecule has 1 rings (SSSR count). The fraction of sp³-hybridized carbons (Fsp3) is 0.750. The molecule has 0 aliphatic carbocycles. The van der Waals surface area contributed by atoms with E-state index < -0.39 is 17.4 Å². The third-order valence-corrected chi connectivity index (χ3v) is 2.69. The van der Waals surface area contributed by atoms with Gasteiger partial charge in [0.15, 0.2) is 6.23 Å². The minimum absolute atomic E-state index is 0.0187. The summed E-state index contributed by atoms with van der Waals surface area (Å²) in [7, 11) is 0. The lowest BCUT2D eigenvalue weighted by atomic mass is 9.93. The number of allylic oxidation sites excluding steroid dienone is 1. The Bertz CT molecular complexity index is 300. The van der Waals surface area contributed by atoms with E-state index in [0.717, 1.165) is 6.08 Å². The molecule has 0 aromatic heterocycles. The molecule has 0 spiro atoms. The fourth-order valence-corrected chi connectivity index (χ4v) is 1.43. The lowest BCUT2D eigenvalue weighted by Crippen LogP contribution is -2.47. The van der Waals surface area contributed by atoms with Crippen molar-refractivity contribution in [3.8, 4) is 0 Å². The number of carbonyl (C=O) groups is 1. The van der Waals surface area contributed by atoms with Crippen LogP contribution in [0.1, 0.15) is 20.8 Å². The summed E-state index contributed by atoms with van der Waals surface area (Å²) in [6.07, 6.45) is -0.0801. The van der Waals surface area contributed by atoms with E-state index in [9.17, 15) is 15.0 Å². The molecule has 5 heteroatoms. The zero-order valence-electron chi connectivity index (χ0n) is 10.6. The summed E-state index contributed by atoms with van der Waals surface area (Å²) in [5.41, 5.74) is -0.486. The molecule has 1 aliphatic heterocycles. The Morgan fingerprint density at radius 3 is 2.35 bits per heavy atom. The Morgan fingerprint density at radius 2 is 1.88 bits per heavy atom. The molecule has 1 saturated heterocycles. The number of ketones is 1. The Labute approximate surface area is 102 Å². The van der Waals surface area contributed by atoms with Gasteiger partial charge in [-0.1, -0.05) is 20.8 Å². The summed E-state index contributed by atoms with van der Waals surface area (Å²) in [5, 5.41) is 19.5. The van der Waals surface area contributed by atoms with Crippen LogP contribution in [0.15, 0.2) is 11.8 Å². The van der Waals surface area contributed by atoms with Crippen LogP contribution in [0.4, 0.5) is 0 Å². The summed E-state index contributed by atoms with van der Waals surface area (Å²) in [6.45, 7) is 7.47. The molecular formula is C12H21NO4. The first-order valence-corrected chi connectivity index (χ1v) is 5.77. The lowest BCUT2D eigenvalue weighted by Gasteiger charge is -2.29. The van der Waals surface area contributed by atoms with Crippen molar-refractivity contribution in [3.05, 3.63) is 11.8 Å². The van der Waals surface area contributed by atoms with Crippen LogP contribution < -0.4 is 0 Å². The van der Waals surface area contributed by atoms with E-state index in [-0.39, 0.29) is 5.76 Å². The van der Waals surface area contributed by atoms with Gasteiger partial charge in [0, 0.05) is 24.6 Å². The summed E-state index contributed by atoms with van der Waals surface area (Å²) >= 11 is 0. The molecule has 1 fully saturated rings. The number of hydrogen-bond donors (Lipinski definition) is 2. The third-order valence-electron chi connectivity index (χ3n) is 2.69. The highest BCUT2D eigenvalue weighted by atomic mass is 16.5. The average Bonchev–Trinajstić information content (AvgIpc) is 2.27. The first kappa shape index (κ1) is 14.2. The molecule has 0 amide bonds. The van der Waals surface area contributed by atoms with Crippen molar-refractivity contribution in [1.82, 2.24) is 4.90 Å². The molecule has 0 aromatic rings. The van der Waals surface area contributed by atoms with Crippen LogP contribution in [-0.2, 0) is 9.53 Å². The van der Waals surface area contributed by atoms with Crippen molar-refractivity contribution in [3.63, 3.8) is 0 Å². The lowest BCUT2D eigenvalue weighted by molar-refractivity contribution is -0.136. The van der Waals surface area contributed by atoms with Gasteiger partial charge in [0.1, 0.15) is 5.76 Å². The quantitative estimate of drug-likeness (QED) is 0.564. The van der Waals surface area contributed by atoms with Gasteiger partial charge in [-0.3, -0.25) is 9.69 Å². The summed E-state index contributed by atoms with van der Waals surface area (Å²) in [4.78, 5) is 13.4. The van der Waals surface area contributed by atoms with Crippen LogP contribution >= 0.6 is 0 Å². The maximum Gasteiger partial charge on any atom is 0.202 e. The van der Waals surface area contributed by atoms with Gasteiger partial charge in [-0.15, -0.1) is 0 Å². The van der Waals surface area contributed by atoms with E-state index in [2.05, 4.69) is 0 Å².